The van der Waals surface area contributed by atoms with Crippen molar-refractivity contribution in [1.29, 1.82) is 0 Å². The molecule has 2 N–H and O–H groups in total. The van der Waals surface area contributed by atoms with Crippen LogP contribution in [0.2, 0.25) is 0 Å². The Morgan fingerprint density at radius 1 is 1.11 bits per heavy atom. The van der Waals surface area contributed by atoms with Crippen LogP contribution in [0.3, 0.4) is 0 Å². The molecule has 8 nitrogen and oxygen atoms in total. The fourth-order valence-corrected chi connectivity index (χ4v) is 4.24. The van der Waals surface area contributed by atoms with Crippen molar-refractivity contribution < 1.29 is 9.50 Å². The number of fused-ring (bicyclic) bond motifs is 1. The van der Waals surface area contributed by atoms with Crippen LogP contribution in [-0.2, 0) is 7.05 Å². The number of halogens is 3. The van der Waals surface area contributed by atoms with Gasteiger partial charge in [-0.3, -0.25) is 4.68 Å². The summed E-state index contributed by atoms with van der Waals surface area (Å²) in [6.07, 6.45) is 3.35. The van der Waals surface area contributed by atoms with Crippen LogP contribution in [0.1, 0.15) is 13.8 Å². The molecule has 0 bridgehead atoms. The summed E-state index contributed by atoms with van der Waals surface area (Å²) >= 11 is 0. The number of nitrogens with one attached hydrogen (secondary N) is 1. The zero-order chi connectivity index (χ0) is 23.1. The normalized spacial score (nSPS) is 15.7. The minimum Gasteiger partial charge on any atom is -0.506 e. The molecular formula is C24H28Cl2FN7O. The standard InChI is InChI=1S/C24H26FN7O.2ClH/c1-14(2)20-13-32(7-6-26-20)22-5-4-19(28-29-22)24-21(33)10-16(11-27-24)15-8-17-12-31(3)30-23(17)18(25)9-15;;/h4-5,8-12,14,20,26,33H,6-7,13H2,1-3H3;2*1H/t20-;;/m1../s1. The van der Waals surface area contributed by atoms with E-state index in [1.165, 1.54) is 6.07 Å². The second kappa shape index (κ2) is 10.7. The minimum absolute atomic E-state index is 0. The third-order valence-corrected chi connectivity index (χ3v) is 6.10. The van der Waals surface area contributed by atoms with Crippen LogP contribution in [0, 0.1) is 11.7 Å². The van der Waals surface area contributed by atoms with Gasteiger partial charge in [0.25, 0.3) is 0 Å². The molecule has 0 spiro atoms. The average molecular weight is 520 g/mol. The Labute approximate surface area is 215 Å². The van der Waals surface area contributed by atoms with Gasteiger partial charge in [-0.25, -0.2) is 9.37 Å². The van der Waals surface area contributed by atoms with Crippen LogP contribution in [0.5, 0.6) is 5.75 Å². The first-order chi connectivity index (χ1) is 15.9. The number of pyridine rings is 1. The number of nitrogens with zero attached hydrogens (tertiary/aromatic N) is 6. The van der Waals surface area contributed by atoms with Gasteiger partial charge in [0.15, 0.2) is 11.6 Å². The average Bonchev–Trinajstić information content (AvgIpc) is 3.20. The van der Waals surface area contributed by atoms with Crippen molar-refractivity contribution in [3.05, 3.63) is 48.5 Å². The van der Waals surface area contributed by atoms with E-state index in [9.17, 15) is 9.50 Å². The number of aryl methyl sites for hydroxylation is 1. The van der Waals surface area contributed by atoms with Gasteiger partial charge in [0.1, 0.15) is 22.7 Å². The fourth-order valence-electron chi connectivity index (χ4n) is 4.24. The fraction of sp³-hybridized carbons (Fsp3) is 0.333. The number of hydrogen-bond donors (Lipinski definition) is 2. The molecule has 4 aromatic rings. The SMILES string of the molecule is CC(C)[C@H]1CN(c2ccc(-c3ncc(-c4cc(F)c5nn(C)cc5c4)cc3O)nn2)CCN1.Cl.Cl. The zero-order valence-corrected chi connectivity index (χ0v) is 21.3. The lowest BCUT2D eigenvalue weighted by Gasteiger charge is -2.36. The first kappa shape index (κ1) is 26.6. The number of aromatic hydroxyl groups is 1. The summed E-state index contributed by atoms with van der Waals surface area (Å²) in [5, 5.41) is 27.7. The van der Waals surface area contributed by atoms with E-state index in [0.29, 0.717) is 45.4 Å². The highest BCUT2D eigenvalue weighted by atomic mass is 35.5. The van der Waals surface area contributed by atoms with Crippen LogP contribution in [0.15, 0.2) is 42.7 Å². The first-order valence-corrected chi connectivity index (χ1v) is 11.0. The molecule has 4 heterocycles. The lowest BCUT2D eigenvalue weighted by molar-refractivity contribution is 0.367. The first-order valence-electron chi connectivity index (χ1n) is 11.0. The third kappa shape index (κ3) is 5.32. The van der Waals surface area contributed by atoms with E-state index >= 15 is 0 Å². The second-order valence-corrected chi connectivity index (χ2v) is 8.82. The Hall–Kier alpha value is -3.01. The molecule has 1 aliphatic heterocycles. The van der Waals surface area contributed by atoms with Crippen molar-refractivity contribution in [2.24, 2.45) is 13.0 Å². The molecule has 3 aromatic heterocycles. The molecule has 1 fully saturated rings. The number of anilines is 1. The van der Waals surface area contributed by atoms with E-state index in [0.717, 1.165) is 25.5 Å². The van der Waals surface area contributed by atoms with Gasteiger partial charge in [-0.05, 0) is 41.8 Å². The van der Waals surface area contributed by atoms with Crippen molar-refractivity contribution in [3.8, 4) is 28.3 Å². The van der Waals surface area contributed by atoms with Crippen LogP contribution in [0.4, 0.5) is 10.2 Å². The van der Waals surface area contributed by atoms with Gasteiger partial charge in [0, 0.05) is 56.1 Å². The maximum absolute atomic E-state index is 14.5. The Balaban J connectivity index is 0.00000171. The molecule has 0 amide bonds. The summed E-state index contributed by atoms with van der Waals surface area (Å²) in [5.41, 5.74) is 2.34. The molecule has 0 radical (unpaired) electrons. The Morgan fingerprint density at radius 2 is 1.91 bits per heavy atom. The molecule has 0 unspecified atom stereocenters. The van der Waals surface area contributed by atoms with Crippen LogP contribution in [0.25, 0.3) is 33.4 Å². The van der Waals surface area contributed by atoms with E-state index in [1.807, 2.05) is 18.2 Å². The maximum Gasteiger partial charge on any atom is 0.151 e. The number of hydrogen-bond acceptors (Lipinski definition) is 7. The van der Waals surface area contributed by atoms with Crippen molar-refractivity contribution >= 4 is 41.5 Å². The zero-order valence-electron chi connectivity index (χ0n) is 19.6. The number of aromatic nitrogens is 5. The van der Waals surface area contributed by atoms with Gasteiger partial charge in [-0.1, -0.05) is 13.8 Å². The van der Waals surface area contributed by atoms with Crippen LogP contribution in [-0.4, -0.2) is 55.7 Å². The van der Waals surface area contributed by atoms with E-state index in [4.69, 9.17) is 0 Å². The van der Waals surface area contributed by atoms with Crippen molar-refractivity contribution in [2.75, 3.05) is 24.5 Å². The molecule has 0 saturated carbocycles. The lowest BCUT2D eigenvalue weighted by Crippen LogP contribution is -2.53. The predicted molar refractivity (Wildman–Crippen MR) is 140 cm³/mol. The monoisotopic (exact) mass is 519 g/mol. The van der Waals surface area contributed by atoms with Gasteiger partial charge in [-0.2, -0.15) is 5.10 Å². The van der Waals surface area contributed by atoms with Crippen molar-refractivity contribution in [1.82, 2.24) is 30.3 Å². The summed E-state index contributed by atoms with van der Waals surface area (Å²) < 4.78 is 16.0. The number of piperazine rings is 1. The molecule has 1 saturated heterocycles. The topological polar surface area (TPSA) is 92.0 Å². The Bertz CT molecular complexity index is 1310. The van der Waals surface area contributed by atoms with Gasteiger partial charge in [0.05, 0.1) is 0 Å². The molecule has 1 aromatic carbocycles. The number of rotatable bonds is 4. The molecule has 1 atom stereocenters. The largest absolute Gasteiger partial charge is 0.506 e. The van der Waals surface area contributed by atoms with Gasteiger partial charge >= 0.3 is 0 Å². The summed E-state index contributed by atoms with van der Waals surface area (Å²) in [4.78, 5) is 6.62. The Morgan fingerprint density at radius 3 is 2.60 bits per heavy atom. The third-order valence-electron chi connectivity index (χ3n) is 6.10. The summed E-state index contributed by atoms with van der Waals surface area (Å²) in [6, 6.07) is 8.93. The second-order valence-electron chi connectivity index (χ2n) is 8.82. The van der Waals surface area contributed by atoms with E-state index in [1.54, 1.807) is 30.2 Å². The van der Waals surface area contributed by atoms with E-state index in [-0.39, 0.29) is 30.6 Å². The summed E-state index contributed by atoms with van der Waals surface area (Å²) in [6.45, 7) is 7.06. The van der Waals surface area contributed by atoms with E-state index < -0.39 is 5.82 Å². The van der Waals surface area contributed by atoms with E-state index in [2.05, 4.69) is 44.3 Å². The maximum atomic E-state index is 14.5. The number of benzene rings is 1. The summed E-state index contributed by atoms with van der Waals surface area (Å²) in [5.74, 6) is 0.887. The smallest absolute Gasteiger partial charge is 0.151 e. The molecule has 11 heteroatoms. The molecule has 0 aliphatic carbocycles. The van der Waals surface area contributed by atoms with Crippen LogP contribution >= 0.6 is 24.8 Å². The van der Waals surface area contributed by atoms with Crippen molar-refractivity contribution in [3.63, 3.8) is 0 Å². The summed E-state index contributed by atoms with van der Waals surface area (Å²) in [7, 11) is 1.75. The molecular weight excluding hydrogens is 492 g/mol. The highest BCUT2D eigenvalue weighted by Crippen LogP contribution is 2.32. The minimum atomic E-state index is -0.416. The quantitative estimate of drug-likeness (QED) is 0.417. The van der Waals surface area contributed by atoms with Crippen molar-refractivity contribution in [2.45, 2.75) is 19.9 Å². The highest BCUT2D eigenvalue weighted by molar-refractivity contribution is 5.86. The highest BCUT2D eigenvalue weighted by Gasteiger charge is 2.23. The lowest BCUT2D eigenvalue weighted by atomic mass is 10.0. The van der Waals surface area contributed by atoms with Gasteiger partial charge < -0.3 is 15.3 Å². The van der Waals surface area contributed by atoms with Gasteiger partial charge in [0.2, 0.25) is 0 Å². The molecule has 186 valence electrons. The molecule has 35 heavy (non-hydrogen) atoms. The predicted octanol–water partition coefficient (Wildman–Crippen LogP) is 4.21. The molecule has 1 aliphatic rings. The van der Waals surface area contributed by atoms with Gasteiger partial charge in [-0.15, -0.1) is 35.0 Å². The van der Waals surface area contributed by atoms with Crippen LogP contribution < -0.4 is 10.2 Å². The Kier molecular flexibility index (Phi) is 8.15. The molecule has 5 rings (SSSR count).